The number of carbonyl (C=O) groups is 3. The van der Waals surface area contributed by atoms with Crippen molar-refractivity contribution in [1.29, 1.82) is 0 Å². The normalized spacial score (nSPS) is 25.1. The van der Waals surface area contributed by atoms with E-state index in [-0.39, 0.29) is 42.2 Å². The molecule has 5 rings (SSSR count). The molecule has 7 heteroatoms. The lowest BCUT2D eigenvalue weighted by Crippen LogP contribution is -2.35. The van der Waals surface area contributed by atoms with Gasteiger partial charge in [0.2, 0.25) is 5.91 Å². The number of carboxylic acids is 1. The van der Waals surface area contributed by atoms with Crippen LogP contribution in [0.15, 0.2) is 48.5 Å². The van der Waals surface area contributed by atoms with Crippen molar-refractivity contribution < 1.29 is 24.2 Å². The second kappa shape index (κ2) is 8.89. The van der Waals surface area contributed by atoms with Crippen LogP contribution in [0.3, 0.4) is 0 Å². The van der Waals surface area contributed by atoms with Crippen LogP contribution in [-0.4, -0.2) is 42.3 Å². The Kier molecular flexibility index (Phi) is 5.79. The van der Waals surface area contributed by atoms with Crippen LogP contribution in [0.5, 0.6) is 0 Å². The van der Waals surface area contributed by atoms with Gasteiger partial charge >= 0.3 is 12.1 Å². The number of nitrogens with one attached hydrogen (secondary N) is 2. The Balaban J connectivity index is 1.07. The fraction of sp³-hybridized carbons (Fsp3) is 0.423. The van der Waals surface area contributed by atoms with Crippen molar-refractivity contribution in [1.82, 2.24) is 10.6 Å². The van der Waals surface area contributed by atoms with E-state index < -0.39 is 12.1 Å². The molecule has 0 radical (unpaired) electrons. The first kappa shape index (κ1) is 21.5. The largest absolute Gasteiger partial charge is 0.481 e. The Morgan fingerprint density at radius 1 is 0.939 bits per heavy atom. The van der Waals surface area contributed by atoms with E-state index in [2.05, 4.69) is 34.9 Å². The highest BCUT2D eigenvalue weighted by atomic mass is 16.5. The van der Waals surface area contributed by atoms with Crippen molar-refractivity contribution >= 4 is 18.0 Å². The number of hydrogen-bond donors (Lipinski definition) is 3. The third kappa shape index (κ3) is 4.45. The summed E-state index contributed by atoms with van der Waals surface area (Å²) < 4.78 is 5.55. The highest BCUT2D eigenvalue weighted by molar-refractivity contribution is 5.82. The molecule has 2 saturated carbocycles. The molecule has 3 N–H and O–H groups in total. The quantitative estimate of drug-likeness (QED) is 0.601. The molecule has 0 bridgehead atoms. The van der Waals surface area contributed by atoms with E-state index in [0.717, 1.165) is 6.42 Å². The molecule has 3 aliphatic carbocycles. The predicted molar refractivity (Wildman–Crippen MR) is 122 cm³/mol. The number of amides is 2. The Bertz CT molecular complexity index is 1040. The SMILES string of the molecule is O=C(NC[C@H]1C[C@H]1C(=O)NC1CCC(C(=O)O)C1)OCC1c2ccccc2-c2ccccc21. The summed E-state index contributed by atoms with van der Waals surface area (Å²) in [7, 11) is 0. The first-order chi connectivity index (χ1) is 16.0. The second-order valence-corrected chi connectivity index (χ2v) is 9.36. The Morgan fingerprint density at radius 2 is 1.61 bits per heavy atom. The molecule has 2 aromatic rings. The standard InChI is InChI=1S/C26H28N2O5/c29-24(28-17-10-9-15(11-17)25(30)31)22-12-16(22)13-27-26(32)33-14-23-20-7-3-1-5-18(20)19-6-2-4-8-21(19)23/h1-8,15-17,22-23H,9-14H2,(H,27,32)(H,28,29)(H,30,31)/t15?,16-,17?,22-/m1/s1. The van der Waals surface area contributed by atoms with E-state index in [9.17, 15) is 14.4 Å². The van der Waals surface area contributed by atoms with Crippen LogP contribution in [0, 0.1) is 17.8 Å². The van der Waals surface area contributed by atoms with Crippen molar-refractivity contribution in [2.24, 2.45) is 17.8 Å². The van der Waals surface area contributed by atoms with Crippen LogP contribution >= 0.6 is 0 Å². The minimum atomic E-state index is -0.789. The molecule has 172 valence electrons. The first-order valence-electron chi connectivity index (χ1n) is 11.6. The van der Waals surface area contributed by atoms with Gasteiger partial charge in [0.1, 0.15) is 6.61 Å². The van der Waals surface area contributed by atoms with E-state index in [1.807, 2.05) is 24.3 Å². The van der Waals surface area contributed by atoms with Crippen molar-refractivity contribution in [2.75, 3.05) is 13.2 Å². The smallest absolute Gasteiger partial charge is 0.407 e. The van der Waals surface area contributed by atoms with Crippen LogP contribution in [0.1, 0.15) is 42.7 Å². The number of aliphatic carboxylic acids is 1. The van der Waals surface area contributed by atoms with Gasteiger partial charge in [0.25, 0.3) is 0 Å². The summed E-state index contributed by atoms with van der Waals surface area (Å²) in [5.41, 5.74) is 4.71. The van der Waals surface area contributed by atoms with Crippen molar-refractivity contribution in [3.63, 3.8) is 0 Å². The van der Waals surface area contributed by atoms with Crippen molar-refractivity contribution in [3.8, 4) is 11.1 Å². The summed E-state index contributed by atoms with van der Waals surface area (Å²) >= 11 is 0. The second-order valence-electron chi connectivity index (χ2n) is 9.36. The summed E-state index contributed by atoms with van der Waals surface area (Å²) in [6, 6.07) is 16.3. The average molecular weight is 449 g/mol. The zero-order valence-corrected chi connectivity index (χ0v) is 18.3. The number of carbonyl (C=O) groups excluding carboxylic acids is 2. The van der Waals surface area contributed by atoms with Gasteiger partial charge < -0.3 is 20.5 Å². The van der Waals surface area contributed by atoms with Gasteiger partial charge in [-0.15, -0.1) is 0 Å². The molecule has 7 nitrogen and oxygen atoms in total. The lowest BCUT2D eigenvalue weighted by atomic mass is 9.98. The maximum absolute atomic E-state index is 12.4. The van der Waals surface area contributed by atoms with Gasteiger partial charge in [0, 0.05) is 24.4 Å². The average Bonchev–Trinajstić information content (AvgIpc) is 3.33. The Labute approximate surface area is 192 Å². The highest BCUT2D eigenvalue weighted by Gasteiger charge is 2.44. The van der Waals surface area contributed by atoms with Crippen molar-refractivity contribution in [2.45, 2.75) is 37.6 Å². The number of hydrogen-bond acceptors (Lipinski definition) is 4. The van der Waals surface area contributed by atoms with E-state index in [1.165, 1.54) is 22.3 Å². The van der Waals surface area contributed by atoms with E-state index in [0.29, 0.717) is 25.8 Å². The molecule has 0 aliphatic heterocycles. The number of carboxylic acid groups (broad SMARTS) is 1. The van der Waals surface area contributed by atoms with Gasteiger partial charge in [0.15, 0.2) is 0 Å². The van der Waals surface area contributed by atoms with E-state index in [4.69, 9.17) is 9.84 Å². The predicted octanol–water partition coefficient (Wildman–Crippen LogP) is 3.53. The Hall–Kier alpha value is -3.35. The summed E-state index contributed by atoms with van der Waals surface area (Å²) in [5, 5.41) is 14.9. The third-order valence-corrected chi connectivity index (χ3v) is 7.24. The fourth-order valence-corrected chi connectivity index (χ4v) is 5.30. The molecule has 0 spiro atoms. The lowest BCUT2D eigenvalue weighted by molar-refractivity contribution is -0.141. The molecule has 2 aromatic carbocycles. The van der Waals surface area contributed by atoms with Crippen LogP contribution in [0.2, 0.25) is 0 Å². The zero-order valence-electron chi connectivity index (χ0n) is 18.3. The number of fused-ring (bicyclic) bond motifs is 3. The maximum Gasteiger partial charge on any atom is 0.407 e. The number of ether oxygens (including phenoxy) is 1. The minimum absolute atomic E-state index is 0.0173. The summed E-state index contributed by atoms with van der Waals surface area (Å²) in [5.74, 6) is -1.19. The molecule has 2 amide bonds. The molecule has 4 atom stereocenters. The number of rotatable bonds is 7. The van der Waals surface area contributed by atoms with E-state index >= 15 is 0 Å². The summed E-state index contributed by atoms with van der Waals surface area (Å²) in [4.78, 5) is 35.8. The lowest BCUT2D eigenvalue weighted by Gasteiger charge is -2.15. The maximum atomic E-state index is 12.4. The fourth-order valence-electron chi connectivity index (χ4n) is 5.30. The van der Waals surface area contributed by atoms with Gasteiger partial charge in [0.05, 0.1) is 5.92 Å². The van der Waals surface area contributed by atoms with Gasteiger partial charge in [-0.3, -0.25) is 9.59 Å². The zero-order chi connectivity index (χ0) is 22.9. The van der Waals surface area contributed by atoms with Crippen LogP contribution < -0.4 is 10.6 Å². The molecule has 33 heavy (non-hydrogen) atoms. The minimum Gasteiger partial charge on any atom is -0.481 e. The Morgan fingerprint density at radius 3 is 2.24 bits per heavy atom. The highest BCUT2D eigenvalue weighted by Crippen LogP contribution is 2.44. The third-order valence-electron chi connectivity index (χ3n) is 7.24. The van der Waals surface area contributed by atoms with Crippen molar-refractivity contribution in [3.05, 3.63) is 59.7 Å². The van der Waals surface area contributed by atoms with Gasteiger partial charge in [-0.25, -0.2) is 4.79 Å². The summed E-state index contributed by atoms with van der Waals surface area (Å²) in [6.45, 7) is 0.665. The monoisotopic (exact) mass is 448 g/mol. The van der Waals surface area contributed by atoms with Gasteiger partial charge in [-0.05, 0) is 53.9 Å². The number of alkyl carbamates (subject to hydrolysis) is 1. The summed E-state index contributed by atoms with van der Waals surface area (Å²) in [6.07, 6.45) is 2.07. The van der Waals surface area contributed by atoms with Gasteiger partial charge in [-0.1, -0.05) is 48.5 Å². The van der Waals surface area contributed by atoms with E-state index in [1.54, 1.807) is 0 Å². The number of benzene rings is 2. The van der Waals surface area contributed by atoms with Crippen LogP contribution in [0.25, 0.3) is 11.1 Å². The van der Waals surface area contributed by atoms with Crippen LogP contribution in [0.4, 0.5) is 4.79 Å². The van der Waals surface area contributed by atoms with Gasteiger partial charge in [-0.2, -0.15) is 0 Å². The molecule has 0 aromatic heterocycles. The topological polar surface area (TPSA) is 105 Å². The molecular formula is C26H28N2O5. The molecular weight excluding hydrogens is 420 g/mol. The molecule has 0 heterocycles. The molecule has 2 unspecified atom stereocenters. The molecule has 2 fully saturated rings. The molecule has 3 aliphatic rings. The molecule has 0 saturated heterocycles. The van der Waals surface area contributed by atoms with Crippen LogP contribution in [-0.2, 0) is 14.3 Å². The first-order valence-corrected chi connectivity index (χ1v) is 11.6.